The molecule has 17 heavy (non-hydrogen) atoms. The molecule has 0 aliphatic heterocycles. The zero-order valence-electron chi connectivity index (χ0n) is 8.20. The van der Waals surface area contributed by atoms with Gasteiger partial charge >= 0.3 is 0 Å². The molecule has 2 rings (SSSR count). The van der Waals surface area contributed by atoms with E-state index in [-0.39, 0.29) is 21.2 Å². The molecule has 87 valence electrons. The lowest BCUT2D eigenvalue weighted by Crippen LogP contribution is -1.93. The molecule has 0 atom stereocenters. The molecule has 2 aromatic rings. The highest BCUT2D eigenvalue weighted by Gasteiger charge is 2.16. The summed E-state index contributed by atoms with van der Waals surface area (Å²) in [7, 11) is 0. The van der Waals surface area contributed by atoms with Crippen molar-refractivity contribution in [2.45, 2.75) is 0 Å². The minimum Gasteiger partial charge on any atom is -0.206 e. The van der Waals surface area contributed by atoms with Crippen LogP contribution in [0.3, 0.4) is 0 Å². The third-order valence-electron chi connectivity index (χ3n) is 2.17. The van der Waals surface area contributed by atoms with Gasteiger partial charge in [0.1, 0.15) is 5.82 Å². The molecule has 0 heterocycles. The van der Waals surface area contributed by atoms with E-state index in [1.54, 1.807) is 6.07 Å². The molecule has 2 aromatic carbocycles. The predicted molar refractivity (Wildman–Crippen MR) is 60.6 cm³/mol. The monoisotopic (exact) mass is 275 g/mol. The van der Waals surface area contributed by atoms with Crippen molar-refractivity contribution < 1.29 is 13.2 Å². The lowest BCUT2D eigenvalue weighted by atomic mass is 10.0. The fourth-order valence-electron chi connectivity index (χ4n) is 1.41. The highest BCUT2D eigenvalue weighted by atomic mass is 35.5. The number of hydrogen-bond acceptors (Lipinski definition) is 0. The van der Waals surface area contributed by atoms with Crippen molar-refractivity contribution in [1.29, 1.82) is 0 Å². The molecule has 0 saturated heterocycles. The summed E-state index contributed by atoms with van der Waals surface area (Å²) in [5.41, 5.74) is -0.158. The Morgan fingerprint density at radius 3 is 2.41 bits per heavy atom. The number of benzene rings is 2. The molecule has 0 saturated carbocycles. The van der Waals surface area contributed by atoms with Crippen LogP contribution < -0.4 is 0 Å². The smallest absolute Gasteiger partial charge is 0.170 e. The Morgan fingerprint density at radius 2 is 1.71 bits per heavy atom. The van der Waals surface area contributed by atoms with Gasteiger partial charge in [-0.2, -0.15) is 0 Å². The standard InChI is InChI=1S/C12H4Cl2F3/c13-9-3-1-2-7(11(9)14)8-4-6(15)5-10(16)12(8)17/h1-4H. The first-order chi connectivity index (χ1) is 8.00. The summed E-state index contributed by atoms with van der Waals surface area (Å²) in [6.45, 7) is 0. The zero-order chi connectivity index (χ0) is 12.6. The first kappa shape index (κ1) is 12.3. The summed E-state index contributed by atoms with van der Waals surface area (Å²) >= 11 is 11.6. The topological polar surface area (TPSA) is 0 Å². The van der Waals surface area contributed by atoms with Crippen molar-refractivity contribution >= 4 is 23.2 Å². The first-order valence-electron chi connectivity index (χ1n) is 4.52. The van der Waals surface area contributed by atoms with Crippen molar-refractivity contribution in [3.05, 3.63) is 57.8 Å². The Hall–Kier alpha value is -1.19. The Kier molecular flexibility index (Phi) is 3.31. The molecule has 0 nitrogen and oxygen atoms in total. The largest absolute Gasteiger partial charge is 0.206 e. The second kappa shape index (κ2) is 4.59. The van der Waals surface area contributed by atoms with Crippen molar-refractivity contribution in [3.8, 4) is 11.1 Å². The lowest BCUT2D eigenvalue weighted by Gasteiger charge is -2.07. The lowest BCUT2D eigenvalue weighted by molar-refractivity contribution is 0.495. The number of halogens is 5. The number of rotatable bonds is 1. The molecule has 0 bridgehead atoms. The van der Waals surface area contributed by atoms with Gasteiger partial charge in [-0.3, -0.25) is 0 Å². The van der Waals surface area contributed by atoms with Crippen LogP contribution in [0.5, 0.6) is 0 Å². The van der Waals surface area contributed by atoms with Crippen LogP contribution in [0.15, 0.2) is 24.3 Å². The summed E-state index contributed by atoms with van der Waals surface area (Å²) in [6.07, 6.45) is 0. The predicted octanol–water partition coefficient (Wildman–Crippen LogP) is 4.88. The van der Waals surface area contributed by atoms with E-state index in [4.69, 9.17) is 23.2 Å². The highest BCUT2D eigenvalue weighted by Crippen LogP contribution is 2.35. The molecular formula is C12H4Cl2F3. The zero-order valence-corrected chi connectivity index (χ0v) is 9.71. The maximum absolute atomic E-state index is 13.5. The van der Waals surface area contributed by atoms with Crippen LogP contribution in [0.2, 0.25) is 10.0 Å². The van der Waals surface area contributed by atoms with Crippen molar-refractivity contribution in [1.82, 2.24) is 0 Å². The summed E-state index contributed by atoms with van der Waals surface area (Å²) in [5.74, 6) is -3.61. The fraction of sp³-hybridized carbons (Fsp3) is 0. The Bertz CT molecular complexity index is 582. The van der Waals surface area contributed by atoms with E-state index >= 15 is 0 Å². The van der Waals surface area contributed by atoms with E-state index in [9.17, 15) is 13.2 Å². The molecule has 0 spiro atoms. The van der Waals surface area contributed by atoms with Gasteiger partial charge in [0.25, 0.3) is 0 Å². The Balaban J connectivity index is 2.73. The first-order valence-corrected chi connectivity index (χ1v) is 5.27. The molecule has 0 unspecified atom stereocenters. The van der Waals surface area contributed by atoms with Gasteiger partial charge in [0, 0.05) is 11.1 Å². The normalized spacial score (nSPS) is 10.6. The molecule has 1 radical (unpaired) electrons. The van der Waals surface area contributed by atoms with E-state index < -0.39 is 17.5 Å². The van der Waals surface area contributed by atoms with Crippen LogP contribution in [0, 0.1) is 23.5 Å². The maximum Gasteiger partial charge on any atom is 0.170 e. The molecule has 0 aromatic heterocycles. The van der Waals surface area contributed by atoms with Crippen LogP contribution in [-0.4, -0.2) is 0 Å². The molecule has 0 fully saturated rings. The molecule has 0 N–H and O–H groups in total. The van der Waals surface area contributed by atoms with Gasteiger partial charge in [-0.05, 0) is 12.1 Å². The Morgan fingerprint density at radius 1 is 1.00 bits per heavy atom. The van der Waals surface area contributed by atoms with E-state index in [1.807, 2.05) is 0 Å². The molecule has 0 aliphatic carbocycles. The van der Waals surface area contributed by atoms with Gasteiger partial charge in [0.2, 0.25) is 0 Å². The molecule has 0 aliphatic rings. The summed E-state index contributed by atoms with van der Waals surface area (Å²) < 4.78 is 39.5. The van der Waals surface area contributed by atoms with E-state index in [0.717, 1.165) is 6.07 Å². The maximum atomic E-state index is 13.5. The van der Waals surface area contributed by atoms with Gasteiger partial charge < -0.3 is 0 Å². The van der Waals surface area contributed by atoms with Gasteiger partial charge in [-0.25, -0.2) is 13.2 Å². The van der Waals surface area contributed by atoms with Crippen LogP contribution in [0.25, 0.3) is 11.1 Å². The van der Waals surface area contributed by atoms with Crippen LogP contribution in [-0.2, 0) is 0 Å². The van der Waals surface area contributed by atoms with E-state index in [0.29, 0.717) is 0 Å². The molecule has 0 amide bonds. The number of hydrogen-bond donors (Lipinski definition) is 0. The molecular weight excluding hydrogens is 272 g/mol. The minimum atomic E-state index is -1.39. The third-order valence-corrected chi connectivity index (χ3v) is 2.99. The van der Waals surface area contributed by atoms with Gasteiger partial charge in [-0.1, -0.05) is 35.3 Å². The quantitative estimate of drug-likeness (QED) is 0.651. The van der Waals surface area contributed by atoms with E-state index in [1.165, 1.54) is 18.2 Å². The third kappa shape index (κ3) is 2.26. The Labute approximate surface area is 106 Å². The van der Waals surface area contributed by atoms with E-state index in [2.05, 4.69) is 0 Å². The average molecular weight is 276 g/mol. The summed E-state index contributed by atoms with van der Waals surface area (Å²) in [6, 6.07) is 6.84. The van der Waals surface area contributed by atoms with Crippen molar-refractivity contribution in [3.63, 3.8) is 0 Å². The summed E-state index contributed by atoms with van der Waals surface area (Å²) in [4.78, 5) is 0. The second-order valence-corrected chi connectivity index (χ2v) is 4.05. The fourth-order valence-corrected chi connectivity index (χ4v) is 1.81. The van der Waals surface area contributed by atoms with Crippen molar-refractivity contribution in [2.75, 3.05) is 0 Å². The second-order valence-electron chi connectivity index (χ2n) is 3.26. The van der Waals surface area contributed by atoms with Crippen LogP contribution >= 0.6 is 23.2 Å². The van der Waals surface area contributed by atoms with Crippen molar-refractivity contribution in [2.24, 2.45) is 0 Å². The van der Waals surface area contributed by atoms with Gasteiger partial charge in [0.15, 0.2) is 11.6 Å². The molecule has 5 heteroatoms. The van der Waals surface area contributed by atoms with Gasteiger partial charge in [-0.15, -0.1) is 0 Å². The van der Waals surface area contributed by atoms with Crippen LogP contribution in [0.1, 0.15) is 0 Å². The SMILES string of the molecule is Fc1[c]c(F)c(F)c(-c2cccc(Cl)c2Cl)c1. The van der Waals surface area contributed by atoms with Gasteiger partial charge in [0.05, 0.1) is 16.1 Å². The average Bonchev–Trinajstić information content (AvgIpc) is 2.27. The summed E-state index contributed by atoms with van der Waals surface area (Å²) in [5, 5.41) is 0.218. The highest BCUT2D eigenvalue weighted by molar-refractivity contribution is 6.43. The van der Waals surface area contributed by atoms with Crippen LogP contribution in [0.4, 0.5) is 13.2 Å². The minimum absolute atomic E-state index is 0.0399.